The summed E-state index contributed by atoms with van der Waals surface area (Å²) in [4.78, 5) is 0. The third-order valence-corrected chi connectivity index (χ3v) is 4.14. The molecule has 2 heteroatoms. The van der Waals surface area contributed by atoms with Crippen LogP contribution in [0.5, 0.6) is 0 Å². The molecule has 0 amide bonds. The van der Waals surface area contributed by atoms with Gasteiger partial charge in [-0.2, -0.15) is 0 Å². The lowest BCUT2D eigenvalue weighted by Crippen LogP contribution is -2.31. The summed E-state index contributed by atoms with van der Waals surface area (Å²) in [6, 6.07) is 30.5. The molecule has 0 saturated carbocycles. The normalized spacial score (nSPS) is 12.9. The van der Waals surface area contributed by atoms with E-state index in [2.05, 4.69) is 36.4 Å². The maximum atomic E-state index is 9.59. The van der Waals surface area contributed by atoms with E-state index in [1.165, 1.54) is 0 Å². The first-order valence-electron chi connectivity index (χ1n) is 8.42. The van der Waals surface area contributed by atoms with E-state index in [9.17, 15) is 5.11 Å². The summed E-state index contributed by atoms with van der Waals surface area (Å²) in [5, 5.41) is 9.59. The van der Waals surface area contributed by atoms with Crippen molar-refractivity contribution in [2.75, 3.05) is 0 Å². The van der Waals surface area contributed by atoms with Gasteiger partial charge in [0.05, 0.1) is 12.4 Å². The van der Waals surface area contributed by atoms with E-state index in [4.69, 9.17) is 4.74 Å². The van der Waals surface area contributed by atoms with Crippen LogP contribution in [0.15, 0.2) is 103 Å². The van der Waals surface area contributed by atoms with Crippen LogP contribution in [-0.4, -0.2) is 11.2 Å². The van der Waals surface area contributed by atoms with Crippen LogP contribution in [0, 0.1) is 0 Å². The van der Waals surface area contributed by atoms with Gasteiger partial charge in [0, 0.05) is 16.7 Å². The molecular weight excluding hydrogens is 308 g/mol. The third kappa shape index (κ3) is 3.65. The first-order chi connectivity index (χ1) is 12.2. The lowest BCUT2D eigenvalue weighted by Gasteiger charge is -2.35. The zero-order valence-electron chi connectivity index (χ0n) is 14.2. The summed E-state index contributed by atoms with van der Waals surface area (Å²) in [5.74, 6) is 0. The summed E-state index contributed by atoms with van der Waals surface area (Å²) in [5.41, 5.74) is 2.31. The minimum Gasteiger partial charge on any atom is -0.481 e. The molecule has 0 aromatic heterocycles. The fourth-order valence-corrected chi connectivity index (χ4v) is 2.98. The van der Waals surface area contributed by atoms with Crippen molar-refractivity contribution in [2.24, 2.45) is 0 Å². The molecule has 25 heavy (non-hydrogen) atoms. The lowest BCUT2D eigenvalue weighted by atomic mass is 9.80. The van der Waals surface area contributed by atoms with Gasteiger partial charge in [0.25, 0.3) is 0 Å². The second-order valence-electron chi connectivity index (χ2n) is 5.97. The predicted octanol–water partition coefficient (Wildman–Crippen LogP) is 4.89. The predicted molar refractivity (Wildman–Crippen MR) is 101 cm³/mol. The standard InChI is InChI=1S/C23H22O2/c1-19(24)17-18-25-23(20-11-5-2-6-12-20,21-13-7-3-8-14-21)22-15-9-4-10-16-22/h2-19,24H,1H3. The van der Waals surface area contributed by atoms with Crippen molar-refractivity contribution in [2.45, 2.75) is 18.6 Å². The van der Waals surface area contributed by atoms with Gasteiger partial charge in [-0.15, -0.1) is 0 Å². The van der Waals surface area contributed by atoms with E-state index in [0.717, 1.165) is 16.7 Å². The van der Waals surface area contributed by atoms with Gasteiger partial charge in [-0.05, 0) is 13.0 Å². The Morgan fingerprint density at radius 3 is 1.40 bits per heavy atom. The molecule has 1 unspecified atom stereocenters. The Labute approximate surface area is 149 Å². The number of aliphatic hydroxyl groups is 1. The van der Waals surface area contributed by atoms with E-state index in [1.807, 2.05) is 54.6 Å². The fraction of sp³-hybridized carbons (Fsp3) is 0.130. The van der Waals surface area contributed by atoms with Crippen molar-refractivity contribution in [3.05, 3.63) is 120 Å². The van der Waals surface area contributed by atoms with Gasteiger partial charge in [-0.3, -0.25) is 0 Å². The number of hydrogen-bond donors (Lipinski definition) is 1. The maximum Gasteiger partial charge on any atom is 0.183 e. The quantitative estimate of drug-likeness (QED) is 0.515. The molecule has 3 aromatic rings. The third-order valence-electron chi connectivity index (χ3n) is 4.14. The molecule has 0 aliphatic carbocycles. The molecule has 2 nitrogen and oxygen atoms in total. The van der Waals surface area contributed by atoms with E-state index in [-0.39, 0.29) is 0 Å². The highest BCUT2D eigenvalue weighted by Crippen LogP contribution is 2.40. The van der Waals surface area contributed by atoms with Crippen molar-refractivity contribution < 1.29 is 9.84 Å². The summed E-state index contributed by atoms with van der Waals surface area (Å²) in [7, 11) is 0. The summed E-state index contributed by atoms with van der Waals surface area (Å²) < 4.78 is 6.36. The molecule has 126 valence electrons. The maximum absolute atomic E-state index is 9.59. The molecule has 0 heterocycles. The monoisotopic (exact) mass is 330 g/mol. The van der Waals surface area contributed by atoms with Gasteiger partial charge in [0.1, 0.15) is 0 Å². The van der Waals surface area contributed by atoms with Crippen LogP contribution in [0.4, 0.5) is 0 Å². The summed E-state index contributed by atoms with van der Waals surface area (Å²) >= 11 is 0. The van der Waals surface area contributed by atoms with E-state index < -0.39 is 11.7 Å². The Hall–Kier alpha value is -2.84. The highest BCUT2D eigenvalue weighted by atomic mass is 16.5. The smallest absolute Gasteiger partial charge is 0.183 e. The van der Waals surface area contributed by atoms with Crippen molar-refractivity contribution in [3.63, 3.8) is 0 Å². The largest absolute Gasteiger partial charge is 0.481 e. The van der Waals surface area contributed by atoms with E-state index in [0.29, 0.717) is 0 Å². The Balaban J connectivity index is 2.24. The van der Waals surface area contributed by atoms with Gasteiger partial charge < -0.3 is 9.84 Å². The van der Waals surface area contributed by atoms with Crippen LogP contribution in [0.3, 0.4) is 0 Å². The Kier molecular flexibility index (Phi) is 5.32. The van der Waals surface area contributed by atoms with Gasteiger partial charge in [-0.25, -0.2) is 0 Å². The van der Waals surface area contributed by atoms with Crippen molar-refractivity contribution in [1.82, 2.24) is 0 Å². The average molecular weight is 330 g/mol. The van der Waals surface area contributed by atoms with Crippen LogP contribution in [0.2, 0.25) is 0 Å². The topological polar surface area (TPSA) is 29.5 Å². The molecule has 0 aliphatic heterocycles. The van der Waals surface area contributed by atoms with Crippen molar-refractivity contribution in [3.8, 4) is 0 Å². The number of aliphatic hydroxyl groups excluding tert-OH is 1. The highest BCUT2D eigenvalue weighted by molar-refractivity contribution is 5.47. The fourth-order valence-electron chi connectivity index (χ4n) is 2.98. The van der Waals surface area contributed by atoms with Crippen molar-refractivity contribution in [1.29, 1.82) is 0 Å². The molecule has 0 aliphatic rings. The second-order valence-corrected chi connectivity index (χ2v) is 5.97. The lowest BCUT2D eigenvalue weighted by molar-refractivity contribution is 0.0946. The number of ether oxygens (including phenoxy) is 1. The zero-order valence-corrected chi connectivity index (χ0v) is 14.2. The molecular formula is C23H22O2. The number of benzene rings is 3. The minimum absolute atomic E-state index is 0.569. The van der Waals surface area contributed by atoms with Crippen LogP contribution >= 0.6 is 0 Å². The average Bonchev–Trinajstić information content (AvgIpc) is 2.67. The van der Waals surface area contributed by atoms with E-state index in [1.54, 1.807) is 19.3 Å². The molecule has 0 spiro atoms. The first kappa shape index (κ1) is 17.0. The first-order valence-corrected chi connectivity index (χ1v) is 8.42. The van der Waals surface area contributed by atoms with Crippen LogP contribution in [-0.2, 0) is 10.3 Å². The molecule has 0 radical (unpaired) electrons. The Bertz CT molecular complexity index is 697. The van der Waals surface area contributed by atoms with E-state index >= 15 is 0 Å². The SMILES string of the molecule is CC(O)C=COC(c1ccccc1)(c1ccccc1)c1ccccc1. The highest BCUT2D eigenvalue weighted by Gasteiger charge is 2.37. The number of hydrogen-bond acceptors (Lipinski definition) is 2. The van der Waals surface area contributed by atoms with Gasteiger partial charge in [0.2, 0.25) is 0 Å². The molecule has 1 atom stereocenters. The van der Waals surface area contributed by atoms with Gasteiger partial charge in [0.15, 0.2) is 5.60 Å². The Morgan fingerprint density at radius 2 is 1.08 bits per heavy atom. The summed E-state index contributed by atoms with van der Waals surface area (Å²) in [6.45, 7) is 1.70. The summed E-state index contributed by atoms with van der Waals surface area (Å²) in [6.07, 6.45) is 2.67. The molecule has 0 fully saturated rings. The Morgan fingerprint density at radius 1 is 0.720 bits per heavy atom. The molecule has 0 bridgehead atoms. The van der Waals surface area contributed by atoms with Gasteiger partial charge >= 0.3 is 0 Å². The second kappa shape index (κ2) is 7.82. The van der Waals surface area contributed by atoms with Crippen LogP contribution in [0.25, 0.3) is 0 Å². The molecule has 0 saturated heterocycles. The zero-order chi connectivity index (χ0) is 17.5. The number of rotatable bonds is 6. The minimum atomic E-state index is -0.783. The van der Waals surface area contributed by atoms with Crippen LogP contribution < -0.4 is 0 Å². The van der Waals surface area contributed by atoms with Crippen molar-refractivity contribution >= 4 is 0 Å². The molecule has 1 N–H and O–H groups in total. The molecule has 3 aromatic carbocycles. The van der Waals surface area contributed by atoms with Crippen LogP contribution in [0.1, 0.15) is 23.6 Å². The van der Waals surface area contributed by atoms with Gasteiger partial charge in [-0.1, -0.05) is 91.0 Å². The molecule has 3 rings (SSSR count).